The second kappa shape index (κ2) is 6.62. The molecule has 0 saturated heterocycles. The van der Waals surface area contributed by atoms with Gasteiger partial charge in [-0.15, -0.1) is 0 Å². The Hall–Kier alpha value is -1.06. The van der Waals surface area contributed by atoms with Gasteiger partial charge in [-0.3, -0.25) is 9.59 Å². The minimum atomic E-state index is -0.837. The number of hydrogen-bond donors (Lipinski definition) is 2. The third-order valence-electron chi connectivity index (χ3n) is 3.81. The van der Waals surface area contributed by atoms with Crippen molar-refractivity contribution in [2.24, 2.45) is 5.41 Å². The largest absolute Gasteiger partial charge is 0.481 e. The van der Waals surface area contributed by atoms with Gasteiger partial charge < -0.3 is 10.2 Å². The predicted molar refractivity (Wildman–Crippen MR) is 63.9 cm³/mol. The summed E-state index contributed by atoms with van der Waals surface area (Å²) in [6.07, 6.45) is 7.81. The third kappa shape index (κ3) is 4.36. The fourth-order valence-corrected chi connectivity index (χ4v) is 2.73. The van der Waals surface area contributed by atoms with Gasteiger partial charge in [-0.05, 0) is 25.7 Å². The molecule has 0 atom stereocenters. The van der Waals surface area contributed by atoms with Gasteiger partial charge in [0.25, 0.3) is 0 Å². The highest BCUT2D eigenvalue weighted by molar-refractivity contribution is 5.74. The van der Waals surface area contributed by atoms with Gasteiger partial charge in [0, 0.05) is 6.42 Å². The van der Waals surface area contributed by atoms with Crippen LogP contribution < -0.4 is 0 Å². The number of carboxylic acids is 2. The van der Waals surface area contributed by atoms with E-state index in [1.807, 2.05) is 0 Å². The molecule has 0 heterocycles. The maximum atomic E-state index is 11.5. The Kier molecular flexibility index (Phi) is 5.45. The van der Waals surface area contributed by atoms with Crippen molar-refractivity contribution in [3.8, 4) is 0 Å². The highest BCUT2D eigenvalue weighted by Gasteiger charge is 2.37. The first-order chi connectivity index (χ1) is 8.07. The van der Waals surface area contributed by atoms with Gasteiger partial charge in [0.1, 0.15) is 0 Å². The lowest BCUT2D eigenvalue weighted by Gasteiger charge is -2.31. The summed E-state index contributed by atoms with van der Waals surface area (Å²) in [6.45, 7) is 0. The molecule has 4 nitrogen and oxygen atoms in total. The van der Waals surface area contributed by atoms with E-state index in [9.17, 15) is 14.7 Å². The Morgan fingerprint density at radius 2 is 1.47 bits per heavy atom. The molecule has 0 unspecified atom stereocenters. The molecule has 1 aliphatic carbocycles. The Morgan fingerprint density at radius 1 is 0.941 bits per heavy atom. The second-order valence-corrected chi connectivity index (χ2v) is 5.10. The van der Waals surface area contributed by atoms with E-state index in [0.29, 0.717) is 25.7 Å². The van der Waals surface area contributed by atoms with Crippen molar-refractivity contribution in [1.29, 1.82) is 0 Å². The Bertz CT molecular complexity index is 265. The zero-order valence-corrected chi connectivity index (χ0v) is 10.3. The minimum absolute atomic E-state index is 0.0784. The molecule has 1 aliphatic rings. The first-order valence-corrected chi connectivity index (χ1v) is 6.52. The van der Waals surface area contributed by atoms with Crippen LogP contribution in [0.2, 0.25) is 0 Å². The molecule has 0 amide bonds. The molecule has 0 aromatic rings. The number of aliphatic carboxylic acids is 2. The van der Waals surface area contributed by atoms with Crippen molar-refractivity contribution >= 4 is 11.9 Å². The van der Waals surface area contributed by atoms with E-state index in [4.69, 9.17) is 5.11 Å². The van der Waals surface area contributed by atoms with E-state index >= 15 is 0 Å². The molecule has 1 rings (SSSR count). The van der Waals surface area contributed by atoms with Crippen LogP contribution >= 0.6 is 0 Å². The lowest BCUT2D eigenvalue weighted by molar-refractivity contribution is -0.151. The second-order valence-electron chi connectivity index (χ2n) is 5.10. The molecule has 2 N–H and O–H groups in total. The van der Waals surface area contributed by atoms with E-state index in [2.05, 4.69) is 0 Å². The van der Waals surface area contributed by atoms with Crippen LogP contribution in [0, 0.1) is 5.41 Å². The minimum Gasteiger partial charge on any atom is -0.481 e. The van der Waals surface area contributed by atoms with Crippen LogP contribution in [-0.4, -0.2) is 22.2 Å². The molecule has 98 valence electrons. The molecule has 17 heavy (non-hydrogen) atoms. The van der Waals surface area contributed by atoms with Crippen molar-refractivity contribution in [2.45, 2.75) is 64.2 Å². The third-order valence-corrected chi connectivity index (χ3v) is 3.81. The van der Waals surface area contributed by atoms with E-state index in [0.717, 1.165) is 25.7 Å². The standard InChI is InChI=1S/C13H22O4/c14-11(15)7-6-10-13(12(16)17)8-4-2-1-3-5-9-13/h1-10H2,(H,14,15)(H,16,17). The molecule has 0 radical (unpaired) electrons. The molecular formula is C13H22O4. The Labute approximate surface area is 102 Å². The average Bonchev–Trinajstić information content (AvgIpc) is 2.20. The van der Waals surface area contributed by atoms with Gasteiger partial charge in [-0.2, -0.15) is 0 Å². The van der Waals surface area contributed by atoms with Gasteiger partial charge in [-0.25, -0.2) is 0 Å². The van der Waals surface area contributed by atoms with Crippen LogP contribution in [0.3, 0.4) is 0 Å². The highest BCUT2D eigenvalue weighted by atomic mass is 16.4. The molecular weight excluding hydrogens is 220 g/mol. The lowest BCUT2D eigenvalue weighted by atomic mass is 9.73. The molecule has 0 aliphatic heterocycles. The van der Waals surface area contributed by atoms with Crippen molar-refractivity contribution in [2.75, 3.05) is 0 Å². The normalized spacial score (nSPS) is 20.2. The van der Waals surface area contributed by atoms with E-state index < -0.39 is 17.4 Å². The maximum Gasteiger partial charge on any atom is 0.309 e. The molecule has 0 aromatic carbocycles. The van der Waals surface area contributed by atoms with E-state index in [1.165, 1.54) is 6.42 Å². The molecule has 0 spiro atoms. The Morgan fingerprint density at radius 3 is 1.94 bits per heavy atom. The van der Waals surface area contributed by atoms with E-state index in [1.54, 1.807) is 0 Å². The zero-order valence-electron chi connectivity index (χ0n) is 10.3. The van der Waals surface area contributed by atoms with Crippen LogP contribution in [0.15, 0.2) is 0 Å². The summed E-state index contributed by atoms with van der Waals surface area (Å²) in [5, 5.41) is 18.0. The summed E-state index contributed by atoms with van der Waals surface area (Å²) in [6, 6.07) is 0. The number of carbonyl (C=O) groups is 2. The van der Waals surface area contributed by atoms with Crippen LogP contribution in [0.5, 0.6) is 0 Å². The van der Waals surface area contributed by atoms with Gasteiger partial charge in [0.15, 0.2) is 0 Å². The SMILES string of the molecule is O=C(O)CCCC1(C(=O)O)CCCCCCC1. The predicted octanol–water partition coefficient (Wildman–Crippen LogP) is 3.06. The smallest absolute Gasteiger partial charge is 0.309 e. The quantitative estimate of drug-likeness (QED) is 0.777. The summed E-state index contributed by atoms with van der Waals surface area (Å²) in [7, 11) is 0. The highest BCUT2D eigenvalue weighted by Crippen LogP contribution is 2.38. The summed E-state index contributed by atoms with van der Waals surface area (Å²) in [5.41, 5.74) is -0.657. The maximum absolute atomic E-state index is 11.5. The average molecular weight is 242 g/mol. The topological polar surface area (TPSA) is 74.6 Å². The number of carboxylic acid groups (broad SMARTS) is 2. The summed E-state index contributed by atoms with van der Waals surface area (Å²) >= 11 is 0. The monoisotopic (exact) mass is 242 g/mol. The summed E-state index contributed by atoms with van der Waals surface area (Å²) < 4.78 is 0. The van der Waals surface area contributed by atoms with Gasteiger partial charge >= 0.3 is 11.9 Å². The molecule has 1 saturated carbocycles. The lowest BCUT2D eigenvalue weighted by Crippen LogP contribution is -2.32. The van der Waals surface area contributed by atoms with Crippen molar-refractivity contribution in [3.63, 3.8) is 0 Å². The Balaban J connectivity index is 2.58. The van der Waals surface area contributed by atoms with Crippen LogP contribution in [-0.2, 0) is 9.59 Å². The van der Waals surface area contributed by atoms with Crippen LogP contribution in [0.1, 0.15) is 64.2 Å². The van der Waals surface area contributed by atoms with Gasteiger partial charge in [0.05, 0.1) is 5.41 Å². The van der Waals surface area contributed by atoms with Gasteiger partial charge in [0.2, 0.25) is 0 Å². The summed E-state index contributed by atoms with van der Waals surface area (Å²) in [5.74, 6) is -1.57. The molecule has 0 aromatic heterocycles. The first-order valence-electron chi connectivity index (χ1n) is 6.52. The van der Waals surface area contributed by atoms with Crippen molar-refractivity contribution in [3.05, 3.63) is 0 Å². The first kappa shape index (κ1) is 14.0. The van der Waals surface area contributed by atoms with Gasteiger partial charge in [-0.1, -0.05) is 32.1 Å². The van der Waals surface area contributed by atoms with Crippen LogP contribution in [0.4, 0.5) is 0 Å². The summed E-state index contributed by atoms with van der Waals surface area (Å²) in [4.78, 5) is 22.0. The fourth-order valence-electron chi connectivity index (χ4n) is 2.73. The molecule has 1 fully saturated rings. The van der Waals surface area contributed by atoms with Crippen LogP contribution in [0.25, 0.3) is 0 Å². The zero-order chi connectivity index (χ0) is 12.7. The molecule has 0 bridgehead atoms. The fraction of sp³-hybridized carbons (Fsp3) is 0.846. The van der Waals surface area contributed by atoms with Crippen molar-refractivity contribution in [1.82, 2.24) is 0 Å². The number of hydrogen-bond acceptors (Lipinski definition) is 2. The van der Waals surface area contributed by atoms with Crippen molar-refractivity contribution < 1.29 is 19.8 Å². The van der Waals surface area contributed by atoms with E-state index in [-0.39, 0.29) is 6.42 Å². The number of rotatable bonds is 5. The molecule has 4 heteroatoms.